The summed E-state index contributed by atoms with van der Waals surface area (Å²) < 4.78 is 2.08. The first-order valence-electron chi connectivity index (χ1n) is 10.7. The second-order valence-corrected chi connectivity index (χ2v) is 8.39. The number of carbonyl (C=O) groups excluding carboxylic acids is 1. The van der Waals surface area contributed by atoms with Crippen LogP contribution in [-0.2, 0) is 7.05 Å². The van der Waals surface area contributed by atoms with E-state index in [0.29, 0.717) is 17.9 Å². The van der Waals surface area contributed by atoms with Gasteiger partial charge in [0.25, 0.3) is 5.91 Å². The highest BCUT2D eigenvalue weighted by Crippen LogP contribution is 2.42. The van der Waals surface area contributed by atoms with Gasteiger partial charge in [0.1, 0.15) is 17.8 Å². The van der Waals surface area contributed by atoms with Crippen LogP contribution in [0.1, 0.15) is 41.2 Å². The minimum Gasteiger partial charge on any atom is -0.383 e. The van der Waals surface area contributed by atoms with Crippen LogP contribution >= 0.6 is 0 Å². The molecule has 1 atom stereocenters. The summed E-state index contributed by atoms with van der Waals surface area (Å²) in [6.45, 7) is 3.08. The number of nitrogens with zero attached hydrogens (tertiary/aromatic N) is 6. The molecule has 5 rings (SSSR count). The SMILES string of the molecule is Cn1c([C@@H]2CCN(C#N)C2)c(-c2ccc(C(=O)N3CCCC3)cc2)c2c(N)ncnc21. The number of hydrogen-bond acceptors (Lipinski definition) is 6. The molecule has 1 aromatic carbocycles. The molecule has 2 N–H and O–H groups in total. The van der Waals surface area contributed by atoms with E-state index >= 15 is 0 Å². The maximum Gasteiger partial charge on any atom is 0.253 e. The van der Waals surface area contributed by atoms with Crippen LogP contribution < -0.4 is 5.73 Å². The lowest BCUT2D eigenvalue weighted by molar-refractivity contribution is 0.0793. The number of benzene rings is 1. The number of nitrogens with two attached hydrogens (primary N) is 1. The molecule has 0 aliphatic carbocycles. The Labute approximate surface area is 180 Å². The van der Waals surface area contributed by atoms with E-state index in [2.05, 4.69) is 20.7 Å². The Balaban J connectivity index is 1.61. The van der Waals surface area contributed by atoms with Crippen LogP contribution in [0.4, 0.5) is 5.82 Å². The second kappa shape index (κ2) is 7.58. The zero-order chi connectivity index (χ0) is 21.5. The Morgan fingerprint density at radius 3 is 2.58 bits per heavy atom. The van der Waals surface area contributed by atoms with Gasteiger partial charge in [0, 0.05) is 56.0 Å². The largest absolute Gasteiger partial charge is 0.383 e. The van der Waals surface area contributed by atoms with E-state index in [9.17, 15) is 10.1 Å². The third-order valence-corrected chi connectivity index (χ3v) is 6.57. The lowest BCUT2D eigenvalue weighted by Crippen LogP contribution is -2.27. The molecule has 0 unspecified atom stereocenters. The van der Waals surface area contributed by atoms with Crippen molar-refractivity contribution in [1.29, 1.82) is 5.26 Å². The van der Waals surface area contributed by atoms with Gasteiger partial charge in [-0.15, -0.1) is 0 Å². The van der Waals surface area contributed by atoms with Gasteiger partial charge in [-0.05, 0) is 37.0 Å². The topological polar surface area (TPSA) is 104 Å². The average Bonchev–Trinajstić information content (AvgIpc) is 3.53. The van der Waals surface area contributed by atoms with E-state index in [4.69, 9.17) is 5.73 Å². The molecule has 2 aromatic heterocycles. The summed E-state index contributed by atoms with van der Waals surface area (Å²) >= 11 is 0. The molecule has 0 spiro atoms. The molecule has 158 valence electrons. The van der Waals surface area contributed by atoms with Crippen molar-refractivity contribution in [2.75, 3.05) is 31.9 Å². The van der Waals surface area contributed by atoms with Crippen LogP contribution in [0.2, 0.25) is 0 Å². The monoisotopic (exact) mass is 415 g/mol. The van der Waals surface area contributed by atoms with Crippen molar-refractivity contribution < 1.29 is 4.79 Å². The number of aryl methyl sites for hydroxylation is 1. The molecule has 4 heterocycles. The molecule has 2 aliphatic heterocycles. The van der Waals surface area contributed by atoms with Crippen molar-refractivity contribution in [2.24, 2.45) is 7.05 Å². The number of nitrogen functional groups attached to an aromatic ring is 1. The fourth-order valence-electron chi connectivity index (χ4n) is 5.02. The van der Waals surface area contributed by atoms with Gasteiger partial charge in [0.2, 0.25) is 0 Å². The van der Waals surface area contributed by atoms with Crippen LogP contribution in [0.25, 0.3) is 22.2 Å². The number of rotatable bonds is 3. The normalized spacial score (nSPS) is 18.6. The number of hydrogen-bond donors (Lipinski definition) is 1. The Morgan fingerprint density at radius 2 is 1.90 bits per heavy atom. The summed E-state index contributed by atoms with van der Waals surface area (Å²) in [4.78, 5) is 25.2. The van der Waals surface area contributed by atoms with Crippen molar-refractivity contribution in [1.82, 2.24) is 24.3 Å². The first kappa shape index (κ1) is 19.4. The molecule has 3 aromatic rings. The minimum atomic E-state index is 0.0884. The van der Waals surface area contributed by atoms with Crippen molar-refractivity contribution in [3.05, 3.63) is 41.9 Å². The number of fused-ring (bicyclic) bond motifs is 1. The van der Waals surface area contributed by atoms with Gasteiger partial charge in [0.05, 0.1) is 5.39 Å². The van der Waals surface area contributed by atoms with Gasteiger partial charge in [-0.3, -0.25) is 4.79 Å². The molecule has 31 heavy (non-hydrogen) atoms. The van der Waals surface area contributed by atoms with Crippen molar-refractivity contribution >= 4 is 22.8 Å². The average molecular weight is 416 g/mol. The zero-order valence-electron chi connectivity index (χ0n) is 17.6. The third kappa shape index (κ3) is 3.17. The molecular formula is C23H25N7O. The molecule has 2 saturated heterocycles. The van der Waals surface area contributed by atoms with E-state index < -0.39 is 0 Å². The lowest BCUT2D eigenvalue weighted by atomic mass is 9.94. The summed E-state index contributed by atoms with van der Waals surface area (Å²) in [6.07, 6.45) is 6.79. The molecule has 0 bridgehead atoms. The van der Waals surface area contributed by atoms with Crippen LogP contribution in [0, 0.1) is 11.5 Å². The number of likely N-dealkylation sites (tertiary alicyclic amines) is 2. The number of amides is 1. The number of aromatic nitrogens is 3. The quantitative estimate of drug-likeness (QED) is 0.660. The van der Waals surface area contributed by atoms with E-state index in [-0.39, 0.29) is 11.8 Å². The highest BCUT2D eigenvalue weighted by Gasteiger charge is 2.31. The van der Waals surface area contributed by atoms with Gasteiger partial charge in [-0.2, -0.15) is 5.26 Å². The molecule has 2 fully saturated rings. The molecule has 2 aliphatic rings. The van der Waals surface area contributed by atoms with Crippen molar-refractivity contribution in [3.8, 4) is 17.3 Å². The van der Waals surface area contributed by atoms with Crippen molar-refractivity contribution in [3.63, 3.8) is 0 Å². The third-order valence-electron chi connectivity index (χ3n) is 6.57. The maximum absolute atomic E-state index is 12.8. The van der Waals surface area contributed by atoms with E-state index in [1.54, 1.807) is 4.90 Å². The van der Waals surface area contributed by atoms with Crippen LogP contribution in [0.5, 0.6) is 0 Å². The molecule has 8 heteroatoms. The number of carbonyl (C=O) groups is 1. The number of nitriles is 1. The van der Waals surface area contributed by atoms with Crippen LogP contribution in [0.15, 0.2) is 30.6 Å². The van der Waals surface area contributed by atoms with Crippen molar-refractivity contribution in [2.45, 2.75) is 25.2 Å². The first-order chi connectivity index (χ1) is 15.1. The fraction of sp³-hybridized carbons (Fsp3) is 0.391. The minimum absolute atomic E-state index is 0.0884. The highest BCUT2D eigenvalue weighted by atomic mass is 16.2. The predicted molar refractivity (Wildman–Crippen MR) is 118 cm³/mol. The van der Waals surface area contributed by atoms with Gasteiger partial charge in [-0.25, -0.2) is 9.97 Å². The summed E-state index contributed by atoms with van der Waals surface area (Å²) in [7, 11) is 1.99. The van der Waals surface area contributed by atoms with Gasteiger partial charge < -0.3 is 20.1 Å². The molecule has 0 radical (unpaired) electrons. The van der Waals surface area contributed by atoms with Gasteiger partial charge in [-0.1, -0.05) is 12.1 Å². The van der Waals surface area contributed by atoms with E-state index in [1.807, 2.05) is 36.2 Å². The Morgan fingerprint density at radius 1 is 1.16 bits per heavy atom. The predicted octanol–water partition coefficient (Wildman–Crippen LogP) is 2.72. The Kier molecular flexibility index (Phi) is 4.74. The van der Waals surface area contributed by atoms with E-state index in [1.165, 1.54) is 6.33 Å². The zero-order valence-corrected chi connectivity index (χ0v) is 17.6. The standard InChI is InChI=1S/C23H25N7O/c1-28-20(17-8-11-29(12-17)13-24)18(19-21(25)26-14-27-22(19)28)15-4-6-16(7-5-15)23(31)30-9-2-3-10-30/h4-7,14,17H,2-3,8-12H2,1H3,(H2,25,26,27)/t17-/m1/s1. The smallest absolute Gasteiger partial charge is 0.253 e. The van der Waals surface area contributed by atoms with Crippen LogP contribution in [-0.4, -0.2) is 56.4 Å². The number of anilines is 1. The summed E-state index contributed by atoms with van der Waals surface area (Å²) in [6, 6.07) is 7.78. The second-order valence-electron chi connectivity index (χ2n) is 8.39. The summed E-state index contributed by atoms with van der Waals surface area (Å²) in [5.74, 6) is 0.721. The maximum atomic E-state index is 12.8. The summed E-state index contributed by atoms with van der Waals surface area (Å²) in [5, 5.41) is 10.2. The lowest BCUT2D eigenvalue weighted by Gasteiger charge is -2.17. The highest BCUT2D eigenvalue weighted by molar-refractivity contribution is 6.03. The Bertz CT molecular complexity index is 1190. The molecule has 1 amide bonds. The van der Waals surface area contributed by atoms with Gasteiger partial charge in [0.15, 0.2) is 6.19 Å². The van der Waals surface area contributed by atoms with E-state index in [0.717, 1.165) is 66.8 Å². The summed E-state index contributed by atoms with van der Waals surface area (Å²) in [5.41, 5.74) is 10.9. The molecule has 0 saturated carbocycles. The van der Waals surface area contributed by atoms with Gasteiger partial charge >= 0.3 is 0 Å². The molecular weight excluding hydrogens is 390 g/mol. The first-order valence-corrected chi connectivity index (χ1v) is 10.7. The Hall–Kier alpha value is -3.60. The fourth-order valence-corrected chi connectivity index (χ4v) is 5.02. The molecule has 8 nitrogen and oxygen atoms in total. The van der Waals surface area contributed by atoms with Crippen LogP contribution in [0.3, 0.4) is 0 Å².